The highest BCUT2D eigenvalue weighted by atomic mass is 19.1. The van der Waals surface area contributed by atoms with Gasteiger partial charge in [-0.05, 0) is 25.1 Å². The molecule has 1 aliphatic rings. The minimum Gasteiger partial charge on any atom is -0.341 e. The number of aromatic nitrogens is 2. The Bertz CT molecular complexity index is 710. The zero-order valence-corrected chi connectivity index (χ0v) is 13.0. The lowest BCUT2D eigenvalue weighted by Gasteiger charge is -2.36. The first kappa shape index (κ1) is 15.6. The van der Waals surface area contributed by atoms with Gasteiger partial charge >= 0.3 is 0 Å². The quantitative estimate of drug-likeness (QED) is 0.866. The predicted molar refractivity (Wildman–Crippen MR) is 81.0 cm³/mol. The van der Waals surface area contributed by atoms with Crippen molar-refractivity contribution in [2.45, 2.75) is 19.5 Å². The Hall–Kier alpha value is -2.28. The Morgan fingerprint density at radius 1 is 1.26 bits per heavy atom. The molecule has 3 rings (SSSR count). The number of rotatable bonds is 3. The summed E-state index contributed by atoms with van der Waals surface area (Å²) >= 11 is 0. The van der Waals surface area contributed by atoms with E-state index in [1.165, 1.54) is 29.1 Å². The van der Waals surface area contributed by atoms with Gasteiger partial charge in [0.25, 0.3) is 0 Å². The summed E-state index contributed by atoms with van der Waals surface area (Å²) in [6, 6.07) is 5.54. The van der Waals surface area contributed by atoms with Gasteiger partial charge in [-0.2, -0.15) is 5.10 Å². The van der Waals surface area contributed by atoms with Crippen molar-refractivity contribution in [2.75, 3.05) is 20.1 Å². The number of para-hydroxylation sites is 1. The maximum absolute atomic E-state index is 13.8. The predicted octanol–water partition coefficient (Wildman–Crippen LogP) is 1.81. The molecule has 0 radical (unpaired) electrons. The molecule has 0 spiro atoms. The number of halogens is 2. The van der Waals surface area contributed by atoms with E-state index < -0.39 is 11.6 Å². The summed E-state index contributed by atoms with van der Waals surface area (Å²) in [7, 11) is 1.79. The van der Waals surface area contributed by atoms with Gasteiger partial charge in [0.2, 0.25) is 5.91 Å². The third kappa shape index (κ3) is 3.10. The zero-order chi connectivity index (χ0) is 16.6. The molecule has 1 aromatic heterocycles. The van der Waals surface area contributed by atoms with Gasteiger partial charge in [-0.1, -0.05) is 6.07 Å². The maximum atomic E-state index is 13.8. The topological polar surface area (TPSA) is 41.4 Å². The van der Waals surface area contributed by atoms with Crippen LogP contribution in [0.2, 0.25) is 0 Å². The maximum Gasteiger partial charge on any atom is 0.236 e. The van der Waals surface area contributed by atoms with E-state index in [2.05, 4.69) is 5.10 Å². The summed E-state index contributed by atoms with van der Waals surface area (Å²) < 4.78 is 28.8. The Morgan fingerprint density at radius 2 is 1.96 bits per heavy atom. The summed E-state index contributed by atoms with van der Waals surface area (Å²) in [4.78, 5) is 15.6. The Labute approximate surface area is 133 Å². The molecule has 1 atom stereocenters. The first-order valence-electron chi connectivity index (χ1n) is 7.42. The third-order valence-corrected chi connectivity index (χ3v) is 4.13. The Morgan fingerprint density at radius 3 is 2.61 bits per heavy atom. The van der Waals surface area contributed by atoms with Gasteiger partial charge in [0.15, 0.2) is 11.6 Å². The summed E-state index contributed by atoms with van der Waals surface area (Å²) in [6.45, 7) is 3.51. The molecule has 0 N–H and O–H groups in total. The molecular weight excluding hydrogens is 302 g/mol. The van der Waals surface area contributed by atoms with Crippen LogP contribution in [0.25, 0.3) is 5.69 Å². The fraction of sp³-hybridized carbons (Fsp3) is 0.375. The molecule has 1 saturated heterocycles. The molecule has 0 aliphatic carbocycles. The van der Waals surface area contributed by atoms with Gasteiger partial charge in [0.05, 0.1) is 12.2 Å². The van der Waals surface area contributed by atoms with Gasteiger partial charge in [0.1, 0.15) is 5.69 Å². The Kier molecular flexibility index (Phi) is 4.12. The summed E-state index contributed by atoms with van der Waals surface area (Å²) in [5.41, 5.74) is 0.471. The number of carbonyl (C=O) groups excluding carboxylic acids is 1. The van der Waals surface area contributed by atoms with Crippen LogP contribution in [0, 0.1) is 11.6 Å². The molecule has 1 aliphatic heterocycles. The van der Waals surface area contributed by atoms with Crippen molar-refractivity contribution in [1.82, 2.24) is 19.6 Å². The second kappa shape index (κ2) is 6.08. The smallest absolute Gasteiger partial charge is 0.236 e. The molecule has 2 heterocycles. The second-order valence-corrected chi connectivity index (χ2v) is 5.85. The molecule has 23 heavy (non-hydrogen) atoms. The molecule has 1 unspecified atom stereocenters. The van der Waals surface area contributed by atoms with Crippen LogP contribution in [-0.2, 0) is 11.3 Å². The molecular formula is C16H18F2N4O. The van der Waals surface area contributed by atoms with Crippen LogP contribution in [0.15, 0.2) is 30.5 Å². The van der Waals surface area contributed by atoms with Crippen LogP contribution >= 0.6 is 0 Å². The minimum atomic E-state index is -0.664. The molecule has 0 bridgehead atoms. The highest BCUT2D eigenvalue weighted by Gasteiger charge is 2.27. The standard InChI is InChI=1S/C16H18F2N4O/c1-11-8-21(10-15(23)20(11)2)9-12-6-7-22(19-12)16-13(17)4-3-5-14(16)18/h3-7,11H,8-10H2,1-2H3. The van der Waals surface area contributed by atoms with Crippen LogP contribution in [0.1, 0.15) is 12.6 Å². The summed E-state index contributed by atoms with van der Waals surface area (Å²) in [5, 5.41) is 4.24. The van der Waals surface area contributed by atoms with Crippen molar-refractivity contribution in [1.29, 1.82) is 0 Å². The fourth-order valence-corrected chi connectivity index (χ4v) is 2.74. The Balaban J connectivity index is 1.77. The number of hydrogen-bond acceptors (Lipinski definition) is 3. The fourth-order valence-electron chi connectivity index (χ4n) is 2.74. The van der Waals surface area contributed by atoms with E-state index in [0.29, 0.717) is 18.8 Å². The summed E-state index contributed by atoms with van der Waals surface area (Å²) in [6.07, 6.45) is 1.53. The number of nitrogens with zero attached hydrogens (tertiary/aromatic N) is 4. The van der Waals surface area contributed by atoms with Crippen molar-refractivity contribution < 1.29 is 13.6 Å². The average molecular weight is 320 g/mol. The van der Waals surface area contributed by atoms with Crippen LogP contribution in [0.4, 0.5) is 8.78 Å². The highest BCUT2D eigenvalue weighted by Crippen LogP contribution is 2.18. The van der Waals surface area contributed by atoms with E-state index in [9.17, 15) is 13.6 Å². The van der Waals surface area contributed by atoms with E-state index in [4.69, 9.17) is 0 Å². The number of carbonyl (C=O) groups is 1. The van der Waals surface area contributed by atoms with E-state index in [-0.39, 0.29) is 17.6 Å². The van der Waals surface area contributed by atoms with Crippen molar-refractivity contribution in [3.8, 4) is 5.69 Å². The van der Waals surface area contributed by atoms with Crippen LogP contribution in [-0.4, -0.2) is 51.7 Å². The van der Waals surface area contributed by atoms with Gasteiger partial charge in [-0.3, -0.25) is 9.69 Å². The van der Waals surface area contributed by atoms with Crippen molar-refractivity contribution in [2.24, 2.45) is 0 Å². The average Bonchev–Trinajstić information content (AvgIpc) is 2.92. The molecule has 0 saturated carbocycles. The number of amides is 1. The molecule has 7 heteroatoms. The second-order valence-electron chi connectivity index (χ2n) is 5.85. The summed E-state index contributed by atoms with van der Waals surface area (Å²) in [5.74, 6) is -1.27. The normalized spacial score (nSPS) is 19.4. The highest BCUT2D eigenvalue weighted by molar-refractivity contribution is 5.79. The van der Waals surface area contributed by atoms with E-state index in [1.807, 2.05) is 11.8 Å². The lowest BCUT2D eigenvalue weighted by Crippen LogP contribution is -2.53. The van der Waals surface area contributed by atoms with Gasteiger partial charge in [0, 0.05) is 32.4 Å². The van der Waals surface area contributed by atoms with Gasteiger partial charge in [-0.15, -0.1) is 0 Å². The molecule has 122 valence electrons. The van der Waals surface area contributed by atoms with Crippen LogP contribution in [0.3, 0.4) is 0 Å². The molecule has 5 nitrogen and oxygen atoms in total. The van der Waals surface area contributed by atoms with Crippen molar-refractivity contribution >= 4 is 5.91 Å². The van der Waals surface area contributed by atoms with E-state index >= 15 is 0 Å². The number of piperazine rings is 1. The zero-order valence-electron chi connectivity index (χ0n) is 13.0. The molecule has 1 aromatic carbocycles. The number of hydrogen-bond donors (Lipinski definition) is 0. The monoisotopic (exact) mass is 320 g/mol. The van der Waals surface area contributed by atoms with Crippen molar-refractivity contribution in [3.63, 3.8) is 0 Å². The third-order valence-electron chi connectivity index (χ3n) is 4.13. The first-order chi connectivity index (χ1) is 11.0. The largest absolute Gasteiger partial charge is 0.341 e. The van der Waals surface area contributed by atoms with Crippen molar-refractivity contribution in [3.05, 3.63) is 47.8 Å². The molecule has 1 fully saturated rings. The lowest BCUT2D eigenvalue weighted by molar-refractivity contribution is -0.137. The molecule has 1 amide bonds. The lowest BCUT2D eigenvalue weighted by atomic mass is 10.2. The number of likely N-dealkylation sites (N-methyl/N-ethyl adjacent to an activating group) is 1. The van der Waals surface area contributed by atoms with Gasteiger partial charge in [-0.25, -0.2) is 13.5 Å². The minimum absolute atomic E-state index is 0.0586. The SMILES string of the molecule is CC1CN(Cc2ccn(-c3c(F)cccc3F)n2)CC(=O)N1C. The van der Waals surface area contributed by atoms with Gasteiger partial charge < -0.3 is 4.90 Å². The van der Waals surface area contributed by atoms with E-state index in [1.54, 1.807) is 18.0 Å². The number of benzene rings is 1. The van der Waals surface area contributed by atoms with Crippen LogP contribution in [0.5, 0.6) is 0 Å². The first-order valence-corrected chi connectivity index (χ1v) is 7.42. The molecule has 2 aromatic rings. The van der Waals surface area contributed by atoms with Crippen LogP contribution < -0.4 is 0 Å². The van der Waals surface area contributed by atoms with E-state index in [0.717, 1.165) is 6.54 Å².